The number of aliphatic hydroxyl groups excluding tert-OH is 1. The fraction of sp³-hybridized carbons (Fsp3) is 0.909. The zero-order valence-corrected chi connectivity index (χ0v) is 24.4. The molecule has 1 amide bonds. The van der Waals surface area contributed by atoms with Crippen molar-refractivity contribution in [3.8, 4) is 0 Å². The summed E-state index contributed by atoms with van der Waals surface area (Å²) in [7, 11) is 0. The van der Waals surface area contributed by atoms with E-state index in [4.69, 9.17) is 0 Å². The van der Waals surface area contributed by atoms with E-state index in [0.717, 1.165) is 38.8 Å². The second kappa shape index (κ2) is 7.64. The Labute approximate surface area is 220 Å². The first-order valence-electron chi connectivity index (χ1n) is 15.4. The van der Waals surface area contributed by atoms with E-state index in [1.807, 2.05) is 0 Å². The lowest BCUT2D eigenvalue weighted by atomic mass is 9.33. The molecule has 0 aromatic heterocycles. The minimum atomic E-state index is -0.169. The van der Waals surface area contributed by atoms with Crippen molar-refractivity contribution in [3.05, 3.63) is 11.6 Å². The van der Waals surface area contributed by atoms with Crippen molar-refractivity contribution >= 4 is 5.91 Å². The van der Waals surface area contributed by atoms with E-state index in [1.54, 1.807) is 5.57 Å². The van der Waals surface area contributed by atoms with E-state index in [0.29, 0.717) is 29.1 Å². The van der Waals surface area contributed by atoms with E-state index >= 15 is 0 Å². The number of hydrogen-bond acceptors (Lipinski definition) is 2. The van der Waals surface area contributed by atoms with E-state index in [2.05, 4.69) is 59.4 Å². The van der Waals surface area contributed by atoms with Crippen molar-refractivity contribution in [1.82, 2.24) is 4.90 Å². The van der Waals surface area contributed by atoms with Crippen molar-refractivity contribution in [3.63, 3.8) is 0 Å². The highest BCUT2D eigenvalue weighted by Crippen LogP contribution is 2.75. The van der Waals surface area contributed by atoms with Crippen LogP contribution in [0.3, 0.4) is 0 Å². The first-order chi connectivity index (χ1) is 16.7. The predicted molar refractivity (Wildman–Crippen MR) is 146 cm³/mol. The van der Waals surface area contributed by atoms with Crippen LogP contribution in [0.15, 0.2) is 11.6 Å². The smallest absolute Gasteiger partial charge is 0.229 e. The molecule has 1 N–H and O–H groups in total. The maximum atomic E-state index is 14.1. The molecule has 0 bridgehead atoms. The molecule has 5 aliphatic carbocycles. The number of hydrogen-bond donors (Lipinski definition) is 1. The summed E-state index contributed by atoms with van der Waals surface area (Å²) in [5.41, 5.74) is 2.59. The lowest BCUT2D eigenvalue weighted by Gasteiger charge is -2.71. The Hall–Kier alpha value is -0.830. The summed E-state index contributed by atoms with van der Waals surface area (Å²) >= 11 is 0. The molecule has 36 heavy (non-hydrogen) atoms. The van der Waals surface area contributed by atoms with Crippen molar-refractivity contribution in [2.24, 2.45) is 50.2 Å². The zero-order chi connectivity index (χ0) is 25.9. The maximum Gasteiger partial charge on any atom is 0.229 e. The van der Waals surface area contributed by atoms with Gasteiger partial charge in [-0.25, -0.2) is 0 Å². The summed E-state index contributed by atoms with van der Waals surface area (Å²) in [6, 6.07) is 0. The number of nitrogens with zero attached hydrogens (tertiary/aromatic N) is 1. The summed E-state index contributed by atoms with van der Waals surface area (Å²) in [5, 5.41) is 11.0. The van der Waals surface area contributed by atoms with Crippen LogP contribution >= 0.6 is 0 Å². The molecule has 5 fully saturated rings. The van der Waals surface area contributed by atoms with Crippen LogP contribution in [0.2, 0.25) is 0 Å². The summed E-state index contributed by atoms with van der Waals surface area (Å²) < 4.78 is 0. The monoisotopic (exact) mass is 495 g/mol. The van der Waals surface area contributed by atoms with Crippen molar-refractivity contribution < 1.29 is 9.90 Å². The zero-order valence-electron chi connectivity index (χ0n) is 24.4. The van der Waals surface area contributed by atoms with E-state index in [-0.39, 0.29) is 33.2 Å². The average molecular weight is 496 g/mol. The average Bonchev–Trinajstić information content (AvgIpc) is 2.75. The molecular formula is C33H53NO2. The molecule has 3 nitrogen and oxygen atoms in total. The van der Waals surface area contributed by atoms with Crippen LogP contribution in [0.25, 0.3) is 0 Å². The van der Waals surface area contributed by atoms with Crippen molar-refractivity contribution in [2.75, 3.05) is 13.1 Å². The number of rotatable bonds is 1. The molecule has 0 spiro atoms. The Morgan fingerprint density at radius 2 is 1.58 bits per heavy atom. The molecule has 0 aromatic rings. The first kappa shape index (κ1) is 25.4. The molecule has 1 heterocycles. The maximum absolute atomic E-state index is 14.1. The van der Waals surface area contributed by atoms with Gasteiger partial charge in [-0.1, -0.05) is 60.1 Å². The number of aliphatic hydroxyl groups is 1. The molecule has 0 unspecified atom stereocenters. The molecular weight excluding hydrogens is 442 g/mol. The third-order valence-corrected chi connectivity index (χ3v) is 14.2. The van der Waals surface area contributed by atoms with E-state index in [9.17, 15) is 9.90 Å². The van der Waals surface area contributed by atoms with Crippen LogP contribution in [0.4, 0.5) is 0 Å². The quantitative estimate of drug-likeness (QED) is 0.386. The number of likely N-dealkylation sites (tertiary alicyclic amines) is 1. The lowest BCUT2D eigenvalue weighted by molar-refractivity contribution is -0.205. The van der Waals surface area contributed by atoms with Crippen molar-refractivity contribution in [2.45, 2.75) is 125 Å². The highest BCUT2D eigenvalue weighted by atomic mass is 16.3. The number of carbonyl (C=O) groups is 1. The molecule has 0 aromatic carbocycles. The second-order valence-electron chi connectivity index (χ2n) is 16.4. The van der Waals surface area contributed by atoms with Crippen LogP contribution in [0.5, 0.6) is 0 Å². The predicted octanol–water partition coefficient (Wildman–Crippen LogP) is 7.38. The van der Waals surface area contributed by atoms with Gasteiger partial charge in [-0.3, -0.25) is 4.79 Å². The van der Waals surface area contributed by atoms with Crippen molar-refractivity contribution in [1.29, 1.82) is 0 Å². The summed E-state index contributed by atoms with van der Waals surface area (Å²) in [6.07, 6.45) is 15.2. The standard InChI is InChI=1S/C33H53NO2/c1-28(2)15-17-33(27(36)34-19-8-20-34)18-16-31(6)22(23(33)21-28)9-10-25-30(5)13-12-26(35)29(3,4)24(30)11-14-32(25,31)7/h9,23-26,35H,8,10-21H2,1-7H3/t23-,24-,25+,26-,30-,31+,32+,33-/m0/s1. The Morgan fingerprint density at radius 3 is 2.25 bits per heavy atom. The van der Waals surface area contributed by atoms with Gasteiger partial charge in [0.2, 0.25) is 5.91 Å². The summed E-state index contributed by atoms with van der Waals surface area (Å²) in [4.78, 5) is 16.3. The molecule has 202 valence electrons. The number of allylic oxidation sites excluding steroid dienone is 2. The number of fused-ring (bicyclic) bond motifs is 7. The van der Waals surface area contributed by atoms with Gasteiger partial charge < -0.3 is 10.0 Å². The molecule has 6 rings (SSSR count). The highest BCUT2D eigenvalue weighted by molar-refractivity contribution is 5.85. The summed E-state index contributed by atoms with van der Waals surface area (Å²) in [6.45, 7) is 19.4. The van der Waals surface area contributed by atoms with Gasteiger partial charge in [0.05, 0.1) is 11.5 Å². The number of amides is 1. The van der Waals surface area contributed by atoms with E-state index < -0.39 is 0 Å². The molecule has 1 aliphatic heterocycles. The Kier molecular flexibility index (Phi) is 5.40. The number of carbonyl (C=O) groups excluding carboxylic acids is 1. The minimum absolute atomic E-state index is 0.00201. The van der Waals surface area contributed by atoms with Crippen LogP contribution in [0, 0.1) is 50.2 Å². The molecule has 8 atom stereocenters. The van der Waals surface area contributed by atoms with Gasteiger partial charge >= 0.3 is 0 Å². The molecule has 6 aliphatic rings. The van der Waals surface area contributed by atoms with Gasteiger partial charge in [0.25, 0.3) is 0 Å². The highest BCUT2D eigenvalue weighted by Gasteiger charge is 2.69. The van der Waals surface area contributed by atoms with Crippen LogP contribution in [-0.2, 0) is 4.79 Å². The Morgan fingerprint density at radius 1 is 0.889 bits per heavy atom. The van der Waals surface area contributed by atoms with Gasteiger partial charge in [-0.2, -0.15) is 0 Å². The van der Waals surface area contributed by atoms with Crippen LogP contribution in [-0.4, -0.2) is 35.1 Å². The molecule has 3 heteroatoms. The van der Waals surface area contributed by atoms with E-state index in [1.165, 1.54) is 44.9 Å². The Balaban J connectivity index is 1.42. The Bertz CT molecular complexity index is 976. The first-order valence-corrected chi connectivity index (χ1v) is 15.4. The topological polar surface area (TPSA) is 40.5 Å². The largest absolute Gasteiger partial charge is 0.393 e. The van der Waals surface area contributed by atoms with Gasteiger partial charge in [0, 0.05) is 13.1 Å². The summed E-state index contributed by atoms with van der Waals surface area (Å²) in [5.74, 6) is 2.18. The lowest BCUT2D eigenvalue weighted by Crippen LogP contribution is -2.66. The van der Waals surface area contributed by atoms with Gasteiger partial charge in [0.15, 0.2) is 0 Å². The third-order valence-electron chi connectivity index (χ3n) is 14.2. The minimum Gasteiger partial charge on any atom is -0.393 e. The van der Waals surface area contributed by atoms with Gasteiger partial charge in [-0.15, -0.1) is 0 Å². The fourth-order valence-corrected chi connectivity index (χ4v) is 11.5. The van der Waals surface area contributed by atoms with Gasteiger partial charge in [0.1, 0.15) is 0 Å². The molecule has 1 saturated heterocycles. The van der Waals surface area contributed by atoms with Gasteiger partial charge in [-0.05, 0) is 115 Å². The third kappa shape index (κ3) is 3.05. The van der Waals surface area contributed by atoms with Crippen LogP contribution in [0.1, 0.15) is 119 Å². The normalized spacial score (nSPS) is 51.0. The molecule has 4 saturated carbocycles. The SMILES string of the molecule is CC1(C)CC[C@]2(C(=O)N3CCC3)CC[C@]3(C)C(=CC[C@@H]4[C@@]5(C)CC[C@H](O)C(C)(C)[C@@H]5CC[C@]43C)[C@@H]2C1. The van der Waals surface area contributed by atoms with Crippen LogP contribution < -0.4 is 0 Å². The molecule has 0 radical (unpaired) electrons. The second-order valence-corrected chi connectivity index (χ2v) is 16.4. The fourth-order valence-electron chi connectivity index (χ4n) is 11.5.